The highest BCUT2D eigenvalue weighted by Crippen LogP contribution is 2.30. The summed E-state index contributed by atoms with van der Waals surface area (Å²) in [6.07, 6.45) is 1.85. The summed E-state index contributed by atoms with van der Waals surface area (Å²) in [5, 5.41) is 5.32. The summed E-state index contributed by atoms with van der Waals surface area (Å²) in [5.41, 5.74) is 0.333. The van der Waals surface area contributed by atoms with Gasteiger partial charge in [-0.3, -0.25) is 9.59 Å². The number of sulfone groups is 1. The second-order valence-electron chi connectivity index (χ2n) is 5.41. The Bertz CT molecular complexity index is 725. The van der Waals surface area contributed by atoms with Gasteiger partial charge in [0.1, 0.15) is 5.75 Å². The van der Waals surface area contributed by atoms with E-state index in [0.717, 1.165) is 12.8 Å². The number of fused-ring (bicyclic) bond motifs is 1. The lowest BCUT2D eigenvalue weighted by atomic mass is 10.2. The molecule has 1 fully saturated rings. The number of carbonyl (C=O) groups excluding carboxylic acids is 2. The Kier molecular flexibility index (Phi) is 3.78. The van der Waals surface area contributed by atoms with Crippen molar-refractivity contribution in [3.63, 3.8) is 0 Å². The molecule has 0 aromatic heterocycles. The van der Waals surface area contributed by atoms with E-state index in [9.17, 15) is 18.0 Å². The molecular weight excluding hydrogens is 308 g/mol. The van der Waals surface area contributed by atoms with Gasteiger partial charge in [-0.15, -0.1) is 0 Å². The van der Waals surface area contributed by atoms with E-state index in [1.54, 1.807) is 0 Å². The Labute approximate surface area is 128 Å². The van der Waals surface area contributed by atoms with E-state index < -0.39 is 9.84 Å². The first-order valence-corrected chi connectivity index (χ1v) is 8.68. The maximum atomic E-state index is 12.3. The zero-order valence-corrected chi connectivity index (χ0v) is 12.6. The van der Waals surface area contributed by atoms with Crippen molar-refractivity contribution in [2.45, 2.75) is 30.2 Å². The number of rotatable bonds is 5. The fraction of sp³-hybridized carbons (Fsp3) is 0.429. The molecule has 0 unspecified atom stereocenters. The van der Waals surface area contributed by atoms with Gasteiger partial charge in [0, 0.05) is 12.5 Å². The van der Waals surface area contributed by atoms with Crippen molar-refractivity contribution in [2.75, 3.05) is 17.7 Å². The number of amides is 2. The number of hydrogen-bond donors (Lipinski definition) is 2. The second-order valence-corrected chi connectivity index (χ2v) is 7.51. The van der Waals surface area contributed by atoms with Gasteiger partial charge in [-0.25, -0.2) is 8.42 Å². The van der Waals surface area contributed by atoms with Crippen LogP contribution in [0.1, 0.15) is 19.3 Å². The van der Waals surface area contributed by atoms with Crippen LogP contribution in [-0.2, 0) is 19.4 Å². The van der Waals surface area contributed by atoms with E-state index in [0.29, 0.717) is 11.4 Å². The monoisotopic (exact) mass is 324 g/mol. The summed E-state index contributed by atoms with van der Waals surface area (Å²) in [5.74, 6) is -0.407. The average molecular weight is 324 g/mol. The molecule has 1 aliphatic heterocycles. The maximum absolute atomic E-state index is 12.3. The number of benzene rings is 1. The average Bonchev–Trinajstić information content (AvgIpc) is 3.28. The smallest absolute Gasteiger partial charge is 0.262 e. The highest BCUT2D eigenvalue weighted by molar-refractivity contribution is 7.91. The molecule has 22 heavy (non-hydrogen) atoms. The summed E-state index contributed by atoms with van der Waals surface area (Å²) in [4.78, 5) is 22.9. The van der Waals surface area contributed by atoms with Crippen LogP contribution in [0.15, 0.2) is 23.1 Å². The number of carbonyl (C=O) groups is 2. The lowest BCUT2D eigenvalue weighted by Gasteiger charge is -2.18. The topological polar surface area (TPSA) is 102 Å². The van der Waals surface area contributed by atoms with Gasteiger partial charge in [-0.2, -0.15) is 0 Å². The van der Waals surface area contributed by atoms with Crippen molar-refractivity contribution in [1.82, 2.24) is 5.32 Å². The largest absolute Gasteiger partial charge is 0.482 e. The van der Waals surface area contributed by atoms with Gasteiger partial charge in [0.05, 0.1) is 16.3 Å². The maximum Gasteiger partial charge on any atom is 0.262 e. The Balaban J connectivity index is 1.70. The molecule has 1 aliphatic carbocycles. The van der Waals surface area contributed by atoms with Crippen LogP contribution in [0.25, 0.3) is 0 Å². The Hall–Kier alpha value is -2.09. The number of nitrogens with one attached hydrogen (secondary N) is 2. The summed E-state index contributed by atoms with van der Waals surface area (Å²) in [6.45, 7) is -0.0829. The van der Waals surface area contributed by atoms with Crippen LogP contribution in [0.5, 0.6) is 5.75 Å². The van der Waals surface area contributed by atoms with Crippen LogP contribution in [0.3, 0.4) is 0 Å². The van der Waals surface area contributed by atoms with Crippen LogP contribution in [-0.4, -0.2) is 38.6 Å². The predicted molar refractivity (Wildman–Crippen MR) is 78.4 cm³/mol. The van der Waals surface area contributed by atoms with Crippen LogP contribution >= 0.6 is 0 Å². The fourth-order valence-corrected chi connectivity index (χ4v) is 3.39. The molecule has 1 aromatic rings. The van der Waals surface area contributed by atoms with Gasteiger partial charge in [-0.1, -0.05) is 0 Å². The lowest BCUT2D eigenvalue weighted by molar-refractivity contribution is -0.121. The minimum Gasteiger partial charge on any atom is -0.482 e. The number of anilines is 1. The lowest BCUT2D eigenvalue weighted by Crippen LogP contribution is -2.27. The fourth-order valence-electron chi connectivity index (χ4n) is 2.13. The van der Waals surface area contributed by atoms with Crippen molar-refractivity contribution < 1.29 is 22.7 Å². The van der Waals surface area contributed by atoms with Gasteiger partial charge in [0.2, 0.25) is 5.91 Å². The molecule has 2 N–H and O–H groups in total. The molecule has 8 heteroatoms. The van der Waals surface area contributed by atoms with E-state index >= 15 is 0 Å². The molecule has 118 valence electrons. The molecular formula is C14H16N2O5S. The quantitative estimate of drug-likeness (QED) is 0.819. The first-order chi connectivity index (χ1) is 10.4. The molecule has 1 aromatic carbocycles. The van der Waals surface area contributed by atoms with Gasteiger partial charge >= 0.3 is 0 Å². The van der Waals surface area contributed by atoms with Crippen molar-refractivity contribution in [3.05, 3.63) is 18.2 Å². The molecule has 1 saturated carbocycles. The normalized spacial score (nSPS) is 17.2. The van der Waals surface area contributed by atoms with Crippen molar-refractivity contribution in [2.24, 2.45) is 0 Å². The molecule has 1 heterocycles. The zero-order chi connectivity index (χ0) is 15.7. The molecule has 0 atom stereocenters. The standard InChI is InChI=1S/C14H16N2O5S/c17-13(15-9-1-2-9)5-6-22(19,20)10-3-4-12-11(7-10)16-14(18)8-21-12/h3-4,7,9H,1-2,5-6,8H2,(H,15,17)(H,16,18). The first kappa shape index (κ1) is 14.8. The Morgan fingerprint density at radius 1 is 1.36 bits per heavy atom. The summed E-state index contributed by atoms with van der Waals surface area (Å²) >= 11 is 0. The van der Waals surface area contributed by atoms with Gasteiger partial charge < -0.3 is 15.4 Å². The predicted octanol–water partition coefficient (Wildman–Crippen LogP) is 0.460. The van der Waals surface area contributed by atoms with Crippen molar-refractivity contribution in [1.29, 1.82) is 0 Å². The van der Waals surface area contributed by atoms with E-state index in [1.165, 1.54) is 18.2 Å². The highest BCUT2D eigenvalue weighted by atomic mass is 32.2. The van der Waals surface area contributed by atoms with Crippen molar-refractivity contribution in [3.8, 4) is 5.75 Å². The zero-order valence-electron chi connectivity index (χ0n) is 11.8. The van der Waals surface area contributed by atoms with Gasteiger partial charge in [-0.05, 0) is 31.0 Å². The third-order valence-electron chi connectivity index (χ3n) is 3.48. The van der Waals surface area contributed by atoms with Crippen LogP contribution < -0.4 is 15.4 Å². The third kappa shape index (κ3) is 3.38. The summed E-state index contributed by atoms with van der Waals surface area (Å²) in [6, 6.07) is 4.50. The third-order valence-corrected chi connectivity index (χ3v) is 5.20. The van der Waals surface area contributed by atoms with Crippen LogP contribution in [0, 0.1) is 0 Å². The van der Waals surface area contributed by atoms with Crippen LogP contribution in [0.4, 0.5) is 5.69 Å². The SMILES string of the molecule is O=C1COc2ccc(S(=O)(=O)CCC(=O)NC3CC3)cc2N1. The minimum atomic E-state index is -3.59. The second kappa shape index (κ2) is 5.60. The molecule has 0 bridgehead atoms. The first-order valence-electron chi connectivity index (χ1n) is 7.03. The van der Waals surface area contributed by atoms with E-state index in [2.05, 4.69) is 10.6 Å². The molecule has 2 aliphatic rings. The Morgan fingerprint density at radius 3 is 2.86 bits per heavy atom. The Morgan fingerprint density at radius 2 is 2.14 bits per heavy atom. The summed E-state index contributed by atoms with van der Waals surface area (Å²) in [7, 11) is -3.59. The van der Waals surface area contributed by atoms with E-state index in [4.69, 9.17) is 4.74 Å². The molecule has 7 nitrogen and oxygen atoms in total. The number of hydrogen-bond acceptors (Lipinski definition) is 5. The van der Waals surface area contributed by atoms with E-state index in [1.807, 2.05) is 0 Å². The van der Waals surface area contributed by atoms with E-state index in [-0.39, 0.29) is 41.5 Å². The summed E-state index contributed by atoms with van der Waals surface area (Å²) < 4.78 is 29.7. The molecule has 0 spiro atoms. The molecule has 0 radical (unpaired) electrons. The minimum absolute atomic E-state index is 0.0660. The van der Waals surface area contributed by atoms with Gasteiger partial charge in [0.25, 0.3) is 5.91 Å². The van der Waals surface area contributed by atoms with Crippen LogP contribution in [0.2, 0.25) is 0 Å². The number of ether oxygens (including phenoxy) is 1. The highest BCUT2D eigenvalue weighted by Gasteiger charge is 2.25. The molecule has 3 rings (SSSR count). The molecule has 2 amide bonds. The molecule has 0 saturated heterocycles. The van der Waals surface area contributed by atoms with Crippen molar-refractivity contribution >= 4 is 27.3 Å². The van der Waals surface area contributed by atoms with Gasteiger partial charge in [0.15, 0.2) is 16.4 Å².